The molecule has 0 bridgehead atoms. The lowest BCUT2D eigenvalue weighted by molar-refractivity contribution is -0.274. The van der Waals surface area contributed by atoms with Gasteiger partial charge >= 0.3 is 6.36 Å². The third-order valence-corrected chi connectivity index (χ3v) is 5.56. The van der Waals surface area contributed by atoms with Crippen LogP contribution in [-0.2, 0) is 0 Å². The Morgan fingerprint density at radius 1 is 1.09 bits per heavy atom. The summed E-state index contributed by atoms with van der Waals surface area (Å²) in [5, 5.41) is 0.00382. The van der Waals surface area contributed by atoms with Gasteiger partial charge in [-0.15, -0.1) is 13.2 Å². The predicted molar refractivity (Wildman–Crippen MR) is 123 cm³/mol. The molecule has 2 aromatic heterocycles. The van der Waals surface area contributed by atoms with E-state index in [0.717, 1.165) is 0 Å². The van der Waals surface area contributed by atoms with Gasteiger partial charge in [0.1, 0.15) is 18.0 Å². The molecule has 0 unspecified atom stereocenters. The van der Waals surface area contributed by atoms with Crippen LogP contribution in [0.5, 0.6) is 11.6 Å². The molecule has 35 heavy (non-hydrogen) atoms. The number of carbonyl (C=O) groups is 1. The van der Waals surface area contributed by atoms with Crippen molar-refractivity contribution in [1.82, 2.24) is 9.97 Å². The highest BCUT2D eigenvalue weighted by Gasteiger charge is 2.37. The number of anilines is 3. The fourth-order valence-corrected chi connectivity index (χ4v) is 3.96. The number of carbonyl (C=O) groups excluding carboxylic acids is 1. The molecule has 0 spiro atoms. The van der Waals surface area contributed by atoms with Crippen LogP contribution >= 0.6 is 11.6 Å². The zero-order valence-electron chi connectivity index (χ0n) is 18.6. The second kappa shape index (κ2) is 8.96. The Morgan fingerprint density at radius 3 is 2.40 bits per heavy atom. The summed E-state index contributed by atoms with van der Waals surface area (Å²) in [4.78, 5) is 28.4. The lowest BCUT2D eigenvalue weighted by Gasteiger charge is -2.36. The average molecular weight is 504 g/mol. The molecule has 1 aliphatic heterocycles. The molecule has 3 aromatic rings. The Balaban J connectivity index is 1.86. The summed E-state index contributed by atoms with van der Waals surface area (Å²) in [7, 11) is 1.48. The number of hydrogen-bond acceptors (Lipinski definition) is 6. The van der Waals surface area contributed by atoms with Crippen molar-refractivity contribution >= 4 is 40.5 Å². The van der Waals surface area contributed by atoms with Crippen molar-refractivity contribution in [3.8, 4) is 11.6 Å². The average Bonchev–Trinajstić information content (AvgIpc) is 2.79. The molecule has 1 aromatic carbocycles. The van der Waals surface area contributed by atoms with E-state index in [4.69, 9.17) is 22.9 Å². The maximum Gasteiger partial charge on any atom is 0.573 e. The van der Waals surface area contributed by atoms with Gasteiger partial charge in [-0.3, -0.25) is 14.6 Å². The molecule has 0 N–H and O–H groups in total. The lowest BCUT2D eigenvalue weighted by atomic mass is 10.1. The summed E-state index contributed by atoms with van der Waals surface area (Å²) in [5.74, 6) is -0.380. The van der Waals surface area contributed by atoms with E-state index in [2.05, 4.69) is 19.5 Å². The van der Waals surface area contributed by atoms with Crippen LogP contribution in [0.2, 0.25) is 5.02 Å². The zero-order chi connectivity index (χ0) is 25.5. The smallest absolute Gasteiger partial charge is 0.481 e. The fraction of sp³-hybridized carbons (Fsp3) is 0.217. The van der Waals surface area contributed by atoms with Gasteiger partial charge in [0, 0.05) is 11.8 Å². The maximum atomic E-state index is 13.5. The number of fused-ring (bicyclic) bond motifs is 1. The monoisotopic (exact) mass is 503 g/mol. The summed E-state index contributed by atoms with van der Waals surface area (Å²) in [6.45, 7) is 10.6. The van der Waals surface area contributed by atoms with Gasteiger partial charge in [-0.05, 0) is 49.7 Å². The second-order valence-corrected chi connectivity index (χ2v) is 7.94. The molecule has 0 aliphatic carbocycles. The molecular formula is C23H17ClF3N5O3. The number of pyridine rings is 2. The topological polar surface area (TPSA) is 72.2 Å². The van der Waals surface area contributed by atoms with Crippen molar-refractivity contribution in [3.05, 3.63) is 69.7 Å². The Bertz CT molecular complexity index is 1370. The van der Waals surface area contributed by atoms with Crippen LogP contribution in [0, 0.1) is 20.4 Å². The van der Waals surface area contributed by atoms with Crippen LogP contribution in [0.3, 0.4) is 0 Å². The largest absolute Gasteiger partial charge is 0.573 e. The van der Waals surface area contributed by atoms with Crippen LogP contribution in [0.25, 0.3) is 4.85 Å². The van der Waals surface area contributed by atoms with Crippen molar-refractivity contribution in [1.29, 1.82) is 0 Å². The van der Waals surface area contributed by atoms with Gasteiger partial charge in [-0.25, -0.2) is 4.98 Å². The number of rotatable bonds is 4. The number of nitrogens with zero attached hydrogens (tertiary/aromatic N) is 5. The number of halogens is 4. The summed E-state index contributed by atoms with van der Waals surface area (Å²) < 4.78 is 47.2. The Hall–Kier alpha value is -4.04. The first kappa shape index (κ1) is 24.1. The van der Waals surface area contributed by atoms with Crippen LogP contribution in [0.4, 0.5) is 36.2 Å². The fourth-order valence-electron chi connectivity index (χ4n) is 3.76. The lowest BCUT2D eigenvalue weighted by Crippen LogP contribution is -2.46. The van der Waals surface area contributed by atoms with E-state index in [1.807, 2.05) is 0 Å². The van der Waals surface area contributed by atoms with Crippen molar-refractivity contribution in [3.63, 3.8) is 0 Å². The first-order valence-corrected chi connectivity index (χ1v) is 10.5. The quantitative estimate of drug-likeness (QED) is 0.409. The van der Waals surface area contributed by atoms with E-state index in [1.54, 1.807) is 30.9 Å². The highest BCUT2D eigenvalue weighted by molar-refractivity contribution is 6.33. The molecule has 0 saturated heterocycles. The number of alkyl halides is 3. The first-order valence-electron chi connectivity index (χ1n) is 10.1. The molecule has 0 saturated carbocycles. The van der Waals surface area contributed by atoms with Crippen molar-refractivity contribution in [2.24, 2.45) is 0 Å². The zero-order valence-corrected chi connectivity index (χ0v) is 19.4. The highest BCUT2D eigenvalue weighted by Crippen LogP contribution is 2.41. The molecule has 3 heterocycles. The van der Waals surface area contributed by atoms with Crippen LogP contribution < -0.4 is 19.3 Å². The highest BCUT2D eigenvalue weighted by atomic mass is 35.5. The van der Waals surface area contributed by atoms with Crippen molar-refractivity contribution in [2.75, 3.05) is 23.6 Å². The molecule has 0 fully saturated rings. The van der Waals surface area contributed by atoms with Gasteiger partial charge in [0.25, 0.3) is 11.7 Å². The Kier molecular flexibility index (Phi) is 6.17. The number of ether oxygens (including phenoxy) is 2. The van der Waals surface area contributed by atoms with Gasteiger partial charge in [-0.1, -0.05) is 23.2 Å². The normalized spacial score (nSPS) is 13.4. The minimum Gasteiger partial charge on any atom is -0.481 e. The van der Waals surface area contributed by atoms with E-state index in [-0.39, 0.29) is 34.6 Å². The van der Waals surface area contributed by atoms with Gasteiger partial charge in [0.05, 0.1) is 23.5 Å². The third kappa shape index (κ3) is 4.65. The molecule has 4 rings (SSSR count). The summed E-state index contributed by atoms with van der Waals surface area (Å²) in [5.41, 5.74) is 2.02. The van der Waals surface area contributed by atoms with Crippen LogP contribution in [0.1, 0.15) is 21.6 Å². The Labute approximate surface area is 203 Å². The van der Waals surface area contributed by atoms with Gasteiger partial charge in [0.2, 0.25) is 11.7 Å². The number of aromatic nitrogens is 2. The van der Waals surface area contributed by atoms with E-state index in [9.17, 15) is 18.0 Å². The SMILES string of the molecule is [C-]#[N+]c1nc2c(cc1Cl)C(=O)N(c1ccc(OC)nc1C)CN2c1ccc(OC(F)(F)F)cc1C. The molecule has 12 heteroatoms. The first-order chi connectivity index (χ1) is 16.5. The Morgan fingerprint density at radius 2 is 1.80 bits per heavy atom. The van der Waals surface area contributed by atoms with E-state index in [1.165, 1.54) is 36.3 Å². The molecule has 8 nitrogen and oxygen atoms in total. The number of aryl methyl sites for hydroxylation is 2. The predicted octanol–water partition coefficient (Wildman–Crippen LogP) is 5.96. The third-order valence-electron chi connectivity index (χ3n) is 5.28. The molecule has 0 radical (unpaired) electrons. The van der Waals surface area contributed by atoms with E-state index < -0.39 is 12.3 Å². The van der Waals surface area contributed by atoms with Gasteiger partial charge < -0.3 is 14.3 Å². The van der Waals surface area contributed by atoms with Crippen LogP contribution in [-0.4, -0.2) is 36.0 Å². The van der Waals surface area contributed by atoms with Gasteiger partial charge in [0.15, 0.2) is 0 Å². The number of benzene rings is 1. The van der Waals surface area contributed by atoms with Crippen molar-refractivity contribution < 1.29 is 27.4 Å². The second-order valence-electron chi connectivity index (χ2n) is 7.53. The van der Waals surface area contributed by atoms with E-state index >= 15 is 0 Å². The maximum absolute atomic E-state index is 13.5. The number of hydrogen-bond donors (Lipinski definition) is 0. The van der Waals surface area contributed by atoms with E-state index in [0.29, 0.717) is 28.5 Å². The standard InChI is InChI=1S/C23H17ClF3N5O3/c1-12-9-14(35-23(25,26)27)5-6-17(12)31-11-32(18-7-8-19(34-4)29-13(18)2)22(33)15-10-16(24)20(28-3)30-21(15)31/h5-10H,11H2,1-2,4H3. The molecule has 180 valence electrons. The molecule has 1 amide bonds. The number of methoxy groups -OCH3 is 1. The van der Waals surface area contributed by atoms with Gasteiger partial charge in [-0.2, -0.15) is 0 Å². The molecule has 1 aliphatic rings. The number of amides is 1. The summed E-state index contributed by atoms with van der Waals surface area (Å²) in [6.07, 6.45) is -4.84. The minimum atomic E-state index is -4.84. The van der Waals surface area contributed by atoms with Crippen LogP contribution in [0.15, 0.2) is 36.4 Å². The molecular weight excluding hydrogens is 487 g/mol. The minimum absolute atomic E-state index is 0.00382. The van der Waals surface area contributed by atoms with Crippen molar-refractivity contribution in [2.45, 2.75) is 20.2 Å². The molecule has 0 atom stereocenters. The summed E-state index contributed by atoms with van der Waals surface area (Å²) in [6, 6.07) is 8.48. The summed E-state index contributed by atoms with van der Waals surface area (Å²) >= 11 is 6.18.